The number of pyridine rings is 1. The molecule has 2 fully saturated rings. The van der Waals surface area contributed by atoms with Crippen molar-refractivity contribution < 1.29 is 13.9 Å². The number of likely N-dealkylation sites (N-methyl/N-ethyl adjacent to an activating group) is 1. The van der Waals surface area contributed by atoms with Gasteiger partial charge in [0, 0.05) is 43.3 Å². The van der Waals surface area contributed by atoms with Gasteiger partial charge in [-0.1, -0.05) is 23.7 Å². The van der Waals surface area contributed by atoms with E-state index in [1.165, 1.54) is 6.07 Å². The van der Waals surface area contributed by atoms with E-state index in [4.69, 9.17) is 21.3 Å². The van der Waals surface area contributed by atoms with Gasteiger partial charge in [-0.3, -0.25) is 4.79 Å². The molecular weight excluding hydrogens is 457 g/mol. The van der Waals surface area contributed by atoms with E-state index in [1.54, 1.807) is 18.2 Å². The number of hydrogen-bond acceptors (Lipinski definition) is 6. The lowest BCUT2D eigenvalue weighted by Gasteiger charge is -2.36. The third-order valence-corrected chi connectivity index (χ3v) is 7.65. The van der Waals surface area contributed by atoms with Crippen LogP contribution in [0.4, 0.5) is 10.2 Å². The molecule has 0 spiro atoms. The quantitative estimate of drug-likeness (QED) is 0.717. The predicted molar refractivity (Wildman–Crippen MR) is 131 cm³/mol. The van der Waals surface area contributed by atoms with Gasteiger partial charge in [0.15, 0.2) is 5.75 Å². The van der Waals surface area contributed by atoms with Crippen LogP contribution in [0.2, 0.25) is 5.02 Å². The summed E-state index contributed by atoms with van der Waals surface area (Å²) in [6.45, 7) is 7.26. The molecule has 2 saturated heterocycles. The highest BCUT2D eigenvalue weighted by atomic mass is 35.5. The lowest BCUT2D eigenvalue weighted by molar-refractivity contribution is 0.0606. The molecule has 0 aliphatic carbocycles. The molecule has 2 aromatic rings. The topological polar surface area (TPSA) is 60.9 Å². The van der Waals surface area contributed by atoms with Crippen molar-refractivity contribution in [1.82, 2.24) is 20.1 Å². The second kappa shape index (κ2) is 8.66. The number of piperazine rings is 1. The van der Waals surface area contributed by atoms with Crippen LogP contribution in [-0.2, 0) is 0 Å². The van der Waals surface area contributed by atoms with Gasteiger partial charge in [0.25, 0.3) is 5.91 Å². The number of aromatic nitrogens is 1. The predicted octanol–water partition coefficient (Wildman–Crippen LogP) is 3.27. The van der Waals surface area contributed by atoms with E-state index in [2.05, 4.69) is 43.1 Å². The van der Waals surface area contributed by atoms with Gasteiger partial charge in [-0.2, -0.15) is 0 Å². The SMILES string of the molecule is CN(C)[C@@H]1CN(c2nc(-c3ccccc3F)c(Cl)c3c2C(=O)N2CCNC[C@@H]2CO3)C(C)(C)C1. The summed E-state index contributed by atoms with van der Waals surface area (Å²) >= 11 is 6.83. The molecule has 1 N–H and O–H groups in total. The zero-order chi connectivity index (χ0) is 24.2. The van der Waals surface area contributed by atoms with Gasteiger partial charge < -0.3 is 24.8 Å². The maximum Gasteiger partial charge on any atom is 0.261 e. The first-order valence-electron chi connectivity index (χ1n) is 11.8. The molecule has 0 radical (unpaired) electrons. The Kier molecular flexibility index (Phi) is 5.94. The van der Waals surface area contributed by atoms with Crippen LogP contribution in [0.15, 0.2) is 24.3 Å². The molecule has 1 aromatic heterocycles. The van der Waals surface area contributed by atoms with E-state index in [9.17, 15) is 9.18 Å². The van der Waals surface area contributed by atoms with Crippen LogP contribution in [0, 0.1) is 5.82 Å². The van der Waals surface area contributed by atoms with Gasteiger partial charge in [0.05, 0.1) is 11.7 Å². The Bertz CT molecular complexity index is 1120. The highest BCUT2D eigenvalue weighted by Crippen LogP contribution is 2.46. The van der Waals surface area contributed by atoms with Crippen LogP contribution < -0.4 is 15.0 Å². The van der Waals surface area contributed by atoms with E-state index in [0.29, 0.717) is 49.1 Å². The smallest absolute Gasteiger partial charge is 0.261 e. The van der Waals surface area contributed by atoms with Crippen molar-refractivity contribution >= 4 is 23.3 Å². The number of ether oxygens (including phenoxy) is 1. The minimum absolute atomic E-state index is 0.101. The summed E-state index contributed by atoms with van der Waals surface area (Å²) in [5.41, 5.74) is 0.689. The average Bonchev–Trinajstić information content (AvgIpc) is 3.05. The fourth-order valence-corrected chi connectivity index (χ4v) is 5.61. The number of amides is 1. The van der Waals surface area contributed by atoms with E-state index in [-0.39, 0.29) is 34.1 Å². The number of hydrogen-bond donors (Lipinski definition) is 1. The van der Waals surface area contributed by atoms with Gasteiger partial charge in [-0.15, -0.1) is 0 Å². The molecule has 2 atom stereocenters. The zero-order valence-corrected chi connectivity index (χ0v) is 20.8. The minimum atomic E-state index is -0.420. The summed E-state index contributed by atoms with van der Waals surface area (Å²) in [5.74, 6) is 0.258. The lowest BCUT2D eigenvalue weighted by atomic mass is 9.99. The number of fused-ring (bicyclic) bond motifs is 2. The highest BCUT2D eigenvalue weighted by Gasteiger charge is 2.45. The summed E-state index contributed by atoms with van der Waals surface area (Å²) in [6, 6.07) is 6.61. The first-order chi connectivity index (χ1) is 16.2. The van der Waals surface area contributed by atoms with Crippen LogP contribution >= 0.6 is 11.6 Å². The number of halogens is 2. The second-order valence-electron chi connectivity index (χ2n) is 10.2. The Morgan fingerprint density at radius 3 is 2.76 bits per heavy atom. The number of benzene rings is 1. The molecule has 5 rings (SSSR count). The normalized spacial score (nSPS) is 24.0. The van der Waals surface area contributed by atoms with E-state index < -0.39 is 5.82 Å². The molecule has 3 aliphatic rings. The van der Waals surface area contributed by atoms with Gasteiger partial charge in [0.1, 0.15) is 28.8 Å². The standard InChI is InChI=1S/C25H31ClFN5O2/c1-25(2)11-15(30(3)4)13-32(25)23-19-22(34-14-16-12-28-9-10-31(16)24(19)33)20(26)21(29-23)17-7-5-6-8-18(17)27/h5-8,15-16,28H,9-14H2,1-4H3/t15-,16+/m0/s1. The highest BCUT2D eigenvalue weighted by molar-refractivity contribution is 6.35. The minimum Gasteiger partial charge on any atom is -0.489 e. The Morgan fingerprint density at radius 1 is 1.29 bits per heavy atom. The number of anilines is 1. The van der Waals surface area contributed by atoms with Crippen LogP contribution in [-0.4, -0.2) is 85.2 Å². The molecule has 0 saturated carbocycles. The maximum absolute atomic E-state index is 14.9. The van der Waals surface area contributed by atoms with Crippen LogP contribution in [0.25, 0.3) is 11.3 Å². The molecule has 3 aliphatic heterocycles. The number of nitrogens with zero attached hydrogens (tertiary/aromatic N) is 4. The summed E-state index contributed by atoms with van der Waals surface area (Å²) in [6.07, 6.45) is 0.902. The summed E-state index contributed by atoms with van der Waals surface area (Å²) in [7, 11) is 4.12. The maximum atomic E-state index is 14.9. The van der Waals surface area contributed by atoms with Gasteiger partial charge in [0.2, 0.25) is 0 Å². The number of carbonyl (C=O) groups excluding carboxylic acids is 1. The Labute approximate surface area is 204 Å². The van der Waals surface area contributed by atoms with Crippen LogP contribution in [0.3, 0.4) is 0 Å². The number of nitrogens with one attached hydrogen (secondary N) is 1. The van der Waals surface area contributed by atoms with Crippen molar-refractivity contribution in [1.29, 1.82) is 0 Å². The summed E-state index contributed by atoms with van der Waals surface area (Å²) in [4.78, 5) is 25.1. The van der Waals surface area contributed by atoms with Gasteiger partial charge in [-0.05, 0) is 46.5 Å². The Morgan fingerprint density at radius 2 is 2.06 bits per heavy atom. The van der Waals surface area contributed by atoms with Crippen LogP contribution in [0.5, 0.6) is 5.75 Å². The largest absolute Gasteiger partial charge is 0.489 e. The lowest BCUT2D eigenvalue weighted by Crippen LogP contribution is -2.55. The third kappa shape index (κ3) is 3.82. The Hall–Kier alpha value is -2.42. The van der Waals surface area contributed by atoms with E-state index in [0.717, 1.165) is 13.0 Å². The van der Waals surface area contributed by atoms with E-state index in [1.807, 2.05) is 4.90 Å². The first-order valence-corrected chi connectivity index (χ1v) is 12.1. The molecular formula is C25H31ClFN5O2. The number of carbonyl (C=O) groups is 1. The summed E-state index contributed by atoms with van der Waals surface area (Å²) in [5, 5.41) is 3.50. The first kappa shape index (κ1) is 23.3. The molecule has 0 unspecified atom stereocenters. The summed E-state index contributed by atoms with van der Waals surface area (Å²) < 4.78 is 21.1. The fourth-order valence-electron chi connectivity index (χ4n) is 5.31. The molecule has 1 aromatic carbocycles. The molecule has 1 amide bonds. The van der Waals surface area contributed by atoms with E-state index >= 15 is 0 Å². The molecule has 4 heterocycles. The molecule has 0 bridgehead atoms. The van der Waals surface area contributed by atoms with Crippen LogP contribution in [0.1, 0.15) is 30.6 Å². The van der Waals surface area contributed by atoms with Gasteiger partial charge in [-0.25, -0.2) is 9.37 Å². The average molecular weight is 488 g/mol. The molecule has 7 nitrogen and oxygen atoms in total. The van der Waals surface area contributed by atoms with Crippen molar-refractivity contribution in [2.24, 2.45) is 0 Å². The van der Waals surface area contributed by atoms with Crippen molar-refractivity contribution in [3.05, 3.63) is 40.7 Å². The van der Waals surface area contributed by atoms with Crippen molar-refractivity contribution in [2.45, 2.75) is 37.9 Å². The van der Waals surface area contributed by atoms with Crippen molar-refractivity contribution in [3.63, 3.8) is 0 Å². The fraction of sp³-hybridized carbons (Fsp3) is 0.520. The van der Waals surface area contributed by atoms with Crippen molar-refractivity contribution in [3.8, 4) is 17.0 Å². The molecule has 34 heavy (non-hydrogen) atoms. The molecule has 9 heteroatoms. The number of rotatable bonds is 3. The Balaban J connectivity index is 1.74. The third-order valence-electron chi connectivity index (χ3n) is 7.29. The molecule has 182 valence electrons. The zero-order valence-electron chi connectivity index (χ0n) is 20.1. The monoisotopic (exact) mass is 487 g/mol. The van der Waals surface area contributed by atoms with Gasteiger partial charge >= 0.3 is 0 Å². The second-order valence-corrected chi connectivity index (χ2v) is 10.6. The van der Waals surface area contributed by atoms with Crippen molar-refractivity contribution in [2.75, 3.05) is 51.8 Å².